The fraction of sp³-hybridized carbons (Fsp3) is 0.923. The molecule has 0 N–H and O–H groups in total. The minimum atomic E-state index is -0.412. The Morgan fingerprint density at radius 2 is 1.67 bits per heavy atom. The van der Waals surface area contributed by atoms with E-state index in [0.29, 0.717) is 54.5 Å². The Bertz CT molecular complexity index is 530. The molecule has 7 rings (SSSR count). The third-order valence-electron chi connectivity index (χ3n) is 6.95. The lowest BCUT2D eigenvalue weighted by Gasteiger charge is -2.78. The molecule has 0 aromatic carbocycles. The largest absolute Gasteiger partial charge is 0.346 e. The van der Waals surface area contributed by atoms with E-state index >= 15 is 0 Å². The first-order valence-electron chi connectivity index (χ1n) is 6.77. The summed E-state index contributed by atoms with van der Waals surface area (Å²) in [5, 5.41) is 0. The molecule has 0 amide bonds. The molecule has 0 radical (unpaired) electrons. The summed E-state index contributed by atoms with van der Waals surface area (Å²) in [5.74, 6) is 3.09. The van der Waals surface area contributed by atoms with Gasteiger partial charge in [0.25, 0.3) is 0 Å². The van der Waals surface area contributed by atoms with Crippen molar-refractivity contribution >= 4 is 37.6 Å². The molecule has 4 bridgehead atoms. The Morgan fingerprint density at radius 3 is 2.39 bits per heavy atom. The van der Waals surface area contributed by atoms with Crippen molar-refractivity contribution in [3.05, 3.63) is 0 Å². The topological polar surface area (TPSA) is 35.5 Å². The van der Waals surface area contributed by atoms with Crippen LogP contribution >= 0.6 is 31.9 Å². The highest BCUT2D eigenvalue weighted by atomic mass is 79.9. The summed E-state index contributed by atoms with van der Waals surface area (Å²) in [4.78, 5) is 12.3. The van der Waals surface area contributed by atoms with Gasteiger partial charge in [-0.3, -0.25) is 4.79 Å². The number of Topliss-reactive ketones (excluding diaryl/α,β-unsaturated/α-hetero) is 1. The van der Waals surface area contributed by atoms with E-state index in [-0.39, 0.29) is 8.65 Å². The average Bonchev–Trinajstić information content (AvgIpc) is 2.90. The monoisotopic (exact) mass is 374 g/mol. The normalized spacial score (nSPS) is 71.8. The maximum absolute atomic E-state index is 12.3. The molecule has 7 fully saturated rings. The summed E-state index contributed by atoms with van der Waals surface area (Å²) in [6.45, 7) is 1.41. The predicted molar refractivity (Wildman–Crippen MR) is 68.5 cm³/mol. The van der Waals surface area contributed by atoms with E-state index < -0.39 is 5.79 Å². The number of ketones is 1. The van der Waals surface area contributed by atoms with Crippen LogP contribution in [-0.4, -0.2) is 33.4 Å². The summed E-state index contributed by atoms with van der Waals surface area (Å²) in [5.41, 5.74) is 0. The number of ether oxygens (including phenoxy) is 2. The molecule has 1 heterocycles. The molecule has 3 nitrogen and oxygen atoms in total. The third-order valence-corrected chi connectivity index (χ3v) is 10.1. The van der Waals surface area contributed by atoms with Gasteiger partial charge in [0.15, 0.2) is 5.79 Å². The number of alkyl halides is 2. The molecular weight excluding hydrogens is 364 g/mol. The van der Waals surface area contributed by atoms with Crippen molar-refractivity contribution in [1.82, 2.24) is 0 Å². The lowest BCUT2D eigenvalue weighted by atomic mass is 9.30. The summed E-state index contributed by atoms with van der Waals surface area (Å²) < 4.78 is 12.0. The molecule has 0 aromatic rings. The number of carbonyl (C=O) groups excluding carboxylic acids is 1. The van der Waals surface area contributed by atoms with Crippen molar-refractivity contribution in [3.8, 4) is 0 Å². The maximum atomic E-state index is 12.3. The van der Waals surface area contributed by atoms with E-state index in [2.05, 4.69) is 31.9 Å². The van der Waals surface area contributed by atoms with E-state index in [9.17, 15) is 4.79 Å². The van der Waals surface area contributed by atoms with E-state index in [1.54, 1.807) is 0 Å². The first-order valence-corrected chi connectivity index (χ1v) is 8.36. The van der Waals surface area contributed by atoms with Gasteiger partial charge in [-0.1, -0.05) is 31.9 Å². The van der Waals surface area contributed by atoms with Crippen LogP contribution in [0.25, 0.3) is 0 Å². The summed E-state index contributed by atoms with van der Waals surface area (Å²) in [6.07, 6.45) is 0.724. The molecular formula is C13H12Br2O3. The molecule has 18 heavy (non-hydrogen) atoms. The zero-order valence-corrected chi connectivity index (χ0v) is 12.7. The van der Waals surface area contributed by atoms with E-state index in [1.807, 2.05) is 0 Å². The minimum absolute atomic E-state index is 0.0130. The van der Waals surface area contributed by atoms with E-state index in [4.69, 9.17) is 9.47 Å². The number of carbonyl (C=O) groups is 1. The van der Waals surface area contributed by atoms with Crippen LogP contribution in [0.1, 0.15) is 6.42 Å². The van der Waals surface area contributed by atoms with Crippen LogP contribution < -0.4 is 0 Å². The zero-order chi connectivity index (χ0) is 12.1. The second-order valence-electron chi connectivity index (χ2n) is 6.82. The number of rotatable bonds is 0. The zero-order valence-electron chi connectivity index (χ0n) is 9.57. The van der Waals surface area contributed by atoms with E-state index in [1.165, 1.54) is 0 Å². The van der Waals surface area contributed by atoms with Crippen molar-refractivity contribution in [3.63, 3.8) is 0 Å². The van der Waals surface area contributed by atoms with Crippen LogP contribution in [0.5, 0.6) is 0 Å². The Labute approximate surface area is 121 Å². The highest BCUT2D eigenvalue weighted by molar-refractivity contribution is 9.10. The van der Waals surface area contributed by atoms with Gasteiger partial charge in [0.2, 0.25) is 0 Å². The van der Waals surface area contributed by atoms with Crippen LogP contribution in [-0.2, 0) is 14.3 Å². The molecule has 0 aromatic heterocycles. The van der Waals surface area contributed by atoms with Gasteiger partial charge in [-0.25, -0.2) is 0 Å². The van der Waals surface area contributed by atoms with Gasteiger partial charge >= 0.3 is 0 Å². The third kappa shape index (κ3) is 0.587. The van der Waals surface area contributed by atoms with Crippen LogP contribution in [0, 0.1) is 35.5 Å². The summed E-state index contributed by atoms with van der Waals surface area (Å²) >= 11 is 7.84. The molecule has 1 saturated heterocycles. The lowest BCUT2D eigenvalue weighted by Crippen LogP contribution is -2.85. The minimum Gasteiger partial charge on any atom is -0.346 e. The van der Waals surface area contributed by atoms with Crippen molar-refractivity contribution in [2.24, 2.45) is 35.5 Å². The van der Waals surface area contributed by atoms with Crippen molar-refractivity contribution in [1.29, 1.82) is 0 Å². The first kappa shape index (κ1) is 10.3. The maximum Gasteiger partial charge on any atom is 0.187 e. The number of fused-ring (bicyclic) bond motifs is 1. The van der Waals surface area contributed by atoms with Crippen molar-refractivity contribution < 1.29 is 14.3 Å². The fourth-order valence-corrected chi connectivity index (χ4v) is 9.84. The average molecular weight is 376 g/mol. The molecule has 96 valence electrons. The van der Waals surface area contributed by atoms with Gasteiger partial charge in [-0.05, 0) is 29.6 Å². The van der Waals surface area contributed by atoms with Crippen molar-refractivity contribution in [2.45, 2.75) is 20.9 Å². The molecule has 0 unspecified atom stereocenters. The van der Waals surface area contributed by atoms with Crippen molar-refractivity contribution in [2.75, 3.05) is 13.2 Å². The molecule has 6 aliphatic carbocycles. The highest BCUT2D eigenvalue weighted by Gasteiger charge is 3.01. The van der Waals surface area contributed by atoms with Gasteiger partial charge in [0.1, 0.15) is 5.78 Å². The Morgan fingerprint density at radius 1 is 1.00 bits per heavy atom. The van der Waals surface area contributed by atoms with Gasteiger partial charge in [-0.2, -0.15) is 0 Å². The first-order chi connectivity index (χ1) is 8.58. The van der Waals surface area contributed by atoms with Gasteiger partial charge in [-0.15, -0.1) is 0 Å². The fourth-order valence-electron chi connectivity index (χ4n) is 6.85. The van der Waals surface area contributed by atoms with Crippen LogP contribution in [0.15, 0.2) is 0 Å². The Balaban J connectivity index is 1.64. The molecule has 8 atom stereocenters. The summed E-state index contributed by atoms with van der Waals surface area (Å²) in [6, 6.07) is 0. The second kappa shape index (κ2) is 2.42. The quantitative estimate of drug-likeness (QED) is 0.605. The number of hydrogen-bond acceptors (Lipinski definition) is 3. The molecule has 7 aliphatic rings. The van der Waals surface area contributed by atoms with Gasteiger partial charge in [0.05, 0.1) is 21.9 Å². The smallest absolute Gasteiger partial charge is 0.187 e. The second-order valence-corrected chi connectivity index (χ2v) is 9.44. The van der Waals surface area contributed by atoms with E-state index in [0.717, 1.165) is 6.42 Å². The SMILES string of the molecule is O=C1C[C@@H]2[C@@H]3[C@H]4[C@@H]5[C@H]([C@@H]2[C@@]5(Br)C32OCCO2)[C@]14Br. The number of hydrogen-bond donors (Lipinski definition) is 0. The van der Waals surface area contributed by atoms with Gasteiger partial charge < -0.3 is 9.47 Å². The van der Waals surface area contributed by atoms with Crippen LogP contribution in [0.4, 0.5) is 0 Å². The highest BCUT2D eigenvalue weighted by Crippen LogP contribution is 2.94. The predicted octanol–water partition coefficient (Wildman–Crippen LogP) is 1.72. The standard InChI is InChI=1S/C13H12Br2O3/c14-11-5(16)3-4-6-8(11)10-9(11)7(4)13(12(6,10)15)17-1-2-18-13/h4,6-10H,1-3H2/t4-,6+,7+,8-,9-,10-,11+,12-/m0/s1. The number of halogens is 2. The van der Waals surface area contributed by atoms with Gasteiger partial charge in [0, 0.05) is 12.3 Å². The lowest BCUT2D eigenvalue weighted by molar-refractivity contribution is -0.225. The van der Waals surface area contributed by atoms with Crippen LogP contribution in [0.3, 0.4) is 0 Å². The summed E-state index contributed by atoms with van der Waals surface area (Å²) in [7, 11) is 0. The molecule has 6 saturated carbocycles. The Kier molecular flexibility index (Phi) is 1.39. The molecule has 1 aliphatic heterocycles. The molecule has 5 heteroatoms. The molecule has 1 spiro atoms. The Hall–Kier alpha value is 0.550. The van der Waals surface area contributed by atoms with Crippen LogP contribution in [0.2, 0.25) is 0 Å².